The van der Waals surface area contributed by atoms with Crippen LogP contribution in [0.25, 0.3) is 0 Å². The molecule has 1 aromatic heterocycles. The van der Waals surface area contributed by atoms with E-state index in [1.807, 2.05) is 0 Å². The predicted molar refractivity (Wildman–Crippen MR) is 72.9 cm³/mol. The van der Waals surface area contributed by atoms with Crippen molar-refractivity contribution in [3.8, 4) is 0 Å². The fourth-order valence-corrected chi connectivity index (χ4v) is 5.32. The lowest BCUT2D eigenvalue weighted by atomic mass is 9.85. The monoisotopic (exact) mass is 232 g/mol. The molecule has 1 heterocycles. The molecule has 0 radical (unpaired) electrons. The van der Waals surface area contributed by atoms with Crippen LogP contribution < -0.4 is 0 Å². The lowest BCUT2D eigenvalue weighted by molar-refractivity contribution is 0.321. The van der Waals surface area contributed by atoms with Gasteiger partial charge in [0.05, 0.1) is 0 Å². The van der Waals surface area contributed by atoms with Crippen molar-refractivity contribution in [1.29, 1.82) is 0 Å². The second kappa shape index (κ2) is 6.34. The molecule has 0 spiro atoms. The zero-order valence-corrected chi connectivity index (χ0v) is 11.5. The quantitative estimate of drug-likeness (QED) is 0.664. The van der Waals surface area contributed by atoms with Crippen molar-refractivity contribution in [1.82, 2.24) is 0 Å². The molecule has 0 atom stereocenters. The first kappa shape index (κ1) is 12.0. The van der Waals surface area contributed by atoms with Gasteiger partial charge in [0, 0.05) is 8.40 Å². The van der Waals surface area contributed by atoms with E-state index in [9.17, 15) is 0 Å². The maximum absolute atomic E-state index is 2.49. The highest BCUT2D eigenvalue weighted by atomic mass is 28.2. The van der Waals surface area contributed by atoms with Crippen molar-refractivity contribution in [2.24, 2.45) is 5.92 Å². The van der Waals surface area contributed by atoms with Crippen LogP contribution in [-0.4, -0.2) is 8.40 Å². The Labute approximate surface area is 102 Å². The van der Waals surface area contributed by atoms with Gasteiger partial charge >= 0.3 is 0 Å². The molecule has 1 aliphatic carbocycles. The van der Waals surface area contributed by atoms with Gasteiger partial charge in [-0.2, -0.15) is 0 Å². The molecular formula is C15H24Si. The highest BCUT2D eigenvalue weighted by Crippen LogP contribution is 2.34. The van der Waals surface area contributed by atoms with Crippen LogP contribution in [0.1, 0.15) is 57.4 Å². The molecule has 2 rings (SSSR count). The number of hydrogen-bond acceptors (Lipinski definition) is 0. The van der Waals surface area contributed by atoms with Crippen LogP contribution in [0.5, 0.6) is 0 Å². The Balaban J connectivity index is 1.81. The maximum Gasteiger partial charge on any atom is 0.0402 e. The fourth-order valence-electron chi connectivity index (χ4n) is 3.00. The molecule has 0 nitrogen and oxygen atoms in total. The summed E-state index contributed by atoms with van der Waals surface area (Å²) in [7, 11) is -0.284. The summed E-state index contributed by atoms with van der Waals surface area (Å²) >= 11 is 0. The molecule has 16 heavy (non-hydrogen) atoms. The van der Waals surface area contributed by atoms with Crippen molar-refractivity contribution < 1.29 is 0 Å². The third-order valence-corrected chi connectivity index (χ3v) is 6.76. The molecular weight excluding hydrogens is 208 g/mol. The third kappa shape index (κ3) is 3.28. The van der Waals surface area contributed by atoms with Crippen LogP contribution in [0.2, 0.25) is 0 Å². The smallest absolute Gasteiger partial charge is 0.0402 e. The molecule has 1 saturated carbocycles. The number of hydrogen-bond donors (Lipinski definition) is 0. The molecule has 0 N–H and O–H groups in total. The van der Waals surface area contributed by atoms with Crippen LogP contribution in [-0.2, 0) is 0 Å². The minimum atomic E-state index is -0.284. The van der Waals surface area contributed by atoms with Crippen molar-refractivity contribution >= 4 is 8.40 Å². The minimum Gasteiger partial charge on any atom is -0.0776 e. The summed E-state index contributed by atoms with van der Waals surface area (Å²) in [6, 6.07) is 6.69. The average molecular weight is 232 g/mol. The van der Waals surface area contributed by atoms with E-state index in [4.69, 9.17) is 0 Å². The Morgan fingerprint density at radius 2 is 1.69 bits per heavy atom. The molecule has 0 amide bonds. The van der Waals surface area contributed by atoms with Crippen LogP contribution >= 0.6 is 0 Å². The minimum absolute atomic E-state index is 0.284. The maximum atomic E-state index is 2.49. The molecule has 0 aromatic carbocycles. The van der Waals surface area contributed by atoms with E-state index in [0.717, 1.165) is 11.5 Å². The molecule has 1 aliphatic rings. The van der Waals surface area contributed by atoms with Crippen molar-refractivity contribution in [2.45, 2.75) is 57.4 Å². The SMILES string of the molecule is CCCCC1CCC([si]2ccccc2)CC1. The predicted octanol–water partition coefficient (Wildman–Crippen LogP) is 4.63. The zero-order chi connectivity index (χ0) is 11.2. The van der Waals surface area contributed by atoms with Crippen molar-refractivity contribution in [3.63, 3.8) is 0 Å². The van der Waals surface area contributed by atoms with Gasteiger partial charge in [0.25, 0.3) is 0 Å². The van der Waals surface area contributed by atoms with Crippen LogP contribution in [0.4, 0.5) is 0 Å². The van der Waals surface area contributed by atoms with Gasteiger partial charge in [-0.15, -0.1) is 0 Å². The summed E-state index contributed by atoms with van der Waals surface area (Å²) in [5, 5.41) is 0. The van der Waals surface area contributed by atoms with Gasteiger partial charge in [0.1, 0.15) is 0 Å². The largest absolute Gasteiger partial charge is 0.0776 e. The van der Waals surface area contributed by atoms with Crippen LogP contribution in [0, 0.1) is 5.92 Å². The summed E-state index contributed by atoms with van der Waals surface area (Å²) in [4.78, 5) is 0. The Morgan fingerprint density at radius 1 is 1.00 bits per heavy atom. The lowest BCUT2D eigenvalue weighted by Gasteiger charge is -2.28. The summed E-state index contributed by atoms with van der Waals surface area (Å²) in [5.41, 5.74) is 6.01. The van der Waals surface area contributed by atoms with Gasteiger partial charge in [-0.05, 0) is 24.3 Å². The highest BCUT2D eigenvalue weighted by Gasteiger charge is 2.21. The Bertz CT molecular complexity index is 286. The highest BCUT2D eigenvalue weighted by molar-refractivity contribution is 6.51. The van der Waals surface area contributed by atoms with E-state index < -0.39 is 0 Å². The first-order valence-corrected chi connectivity index (χ1v) is 8.68. The summed E-state index contributed by atoms with van der Waals surface area (Å²) in [6.07, 6.45) is 10.3. The van der Waals surface area contributed by atoms with E-state index in [1.165, 1.54) is 44.9 Å². The van der Waals surface area contributed by atoms with Gasteiger partial charge in [0.2, 0.25) is 0 Å². The van der Waals surface area contributed by atoms with E-state index in [2.05, 4.69) is 36.5 Å². The second-order valence-electron chi connectivity index (χ2n) is 5.27. The van der Waals surface area contributed by atoms with Gasteiger partial charge < -0.3 is 0 Å². The summed E-state index contributed by atoms with van der Waals surface area (Å²) in [5.74, 6) is 1.06. The molecule has 0 bridgehead atoms. The first-order valence-electron chi connectivity index (χ1n) is 6.95. The van der Waals surface area contributed by atoms with Crippen LogP contribution in [0.3, 0.4) is 0 Å². The third-order valence-electron chi connectivity index (χ3n) is 4.08. The van der Waals surface area contributed by atoms with Crippen molar-refractivity contribution in [2.75, 3.05) is 0 Å². The van der Waals surface area contributed by atoms with Crippen molar-refractivity contribution in [3.05, 3.63) is 29.6 Å². The standard InChI is InChI=1S/C15H24Si/c1-2-3-7-14-8-10-15(11-9-14)16-12-5-4-6-13-16/h4-6,12-15H,2-3,7-11H2,1H3. The topological polar surface area (TPSA) is 0 Å². The van der Waals surface area contributed by atoms with E-state index >= 15 is 0 Å². The van der Waals surface area contributed by atoms with Crippen LogP contribution in [0.15, 0.2) is 29.6 Å². The van der Waals surface area contributed by atoms with E-state index in [-0.39, 0.29) is 8.40 Å². The number of unbranched alkanes of at least 4 members (excludes halogenated alkanes) is 1. The zero-order valence-electron chi connectivity index (χ0n) is 10.5. The molecule has 1 heteroatoms. The van der Waals surface area contributed by atoms with Gasteiger partial charge in [0.15, 0.2) is 0 Å². The first-order chi connectivity index (χ1) is 7.90. The van der Waals surface area contributed by atoms with E-state index in [1.54, 1.807) is 0 Å². The Morgan fingerprint density at radius 3 is 2.31 bits per heavy atom. The fraction of sp³-hybridized carbons (Fsp3) is 0.667. The van der Waals surface area contributed by atoms with Gasteiger partial charge in [-0.3, -0.25) is 0 Å². The molecule has 0 aliphatic heterocycles. The second-order valence-corrected chi connectivity index (χ2v) is 7.75. The van der Waals surface area contributed by atoms with E-state index in [0.29, 0.717) is 0 Å². The summed E-state index contributed by atoms with van der Waals surface area (Å²) < 4.78 is 0. The average Bonchev–Trinajstić information content (AvgIpc) is 2.38. The Hall–Kier alpha value is -0.433. The molecule has 1 fully saturated rings. The molecule has 0 saturated heterocycles. The molecule has 1 aromatic rings. The van der Waals surface area contributed by atoms with Gasteiger partial charge in [-0.25, -0.2) is 0 Å². The summed E-state index contributed by atoms with van der Waals surface area (Å²) in [6.45, 7) is 2.31. The molecule has 0 unspecified atom stereocenters. The normalized spacial score (nSPS) is 25.6. The lowest BCUT2D eigenvalue weighted by Crippen LogP contribution is -2.18. The molecule has 88 valence electrons. The van der Waals surface area contributed by atoms with Gasteiger partial charge in [-0.1, -0.05) is 68.6 Å². The number of rotatable bonds is 4. The Kier molecular flexibility index (Phi) is 4.77.